The highest BCUT2D eigenvalue weighted by Crippen LogP contribution is 2.15. The van der Waals surface area contributed by atoms with Crippen LogP contribution in [0.15, 0.2) is 30.5 Å². The average Bonchev–Trinajstić information content (AvgIpc) is 2.69. The average molecular weight is 281 g/mol. The fourth-order valence-electron chi connectivity index (χ4n) is 1.95. The molecule has 0 aliphatic rings. The van der Waals surface area contributed by atoms with Gasteiger partial charge in [-0.3, -0.25) is 4.68 Å². The third-order valence-corrected chi connectivity index (χ3v) is 2.91. The van der Waals surface area contributed by atoms with Crippen LogP contribution in [0.4, 0.5) is 8.78 Å². The largest absolute Gasteiger partial charge is 0.435 e. The predicted octanol–water partition coefficient (Wildman–Crippen LogP) is 2.62. The number of alkyl halides is 2. The van der Waals surface area contributed by atoms with Gasteiger partial charge in [0, 0.05) is 31.9 Å². The van der Waals surface area contributed by atoms with Gasteiger partial charge in [-0.25, -0.2) is 0 Å². The molecular formula is C14H17F2N3O. The van der Waals surface area contributed by atoms with Crippen LogP contribution in [0.25, 0.3) is 0 Å². The molecule has 6 heteroatoms. The standard InChI is InChI=1S/C14H17F2N3O/c1-10-12(9-19(2)18-10)8-17-7-11-3-5-13(6-4-11)20-14(15)16/h3-6,9,14,17H,7-8H2,1-2H3. The Morgan fingerprint density at radius 3 is 2.50 bits per heavy atom. The number of nitrogens with one attached hydrogen (secondary N) is 1. The number of rotatable bonds is 6. The molecule has 0 bridgehead atoms. The molecule has 0 radical (unpaired) electrons. The van der Waals surface area contributed by atoms with E-state index in [1.165, 1.54) is 0 Å². The Morgan fingerprint density at radius 2 is 1.95 bits per heavy atom. The highest BCUT2D eigenvalue weighted by molar-refractivity contribution is 5.27. The topological polar surface area (TPSA) is 39.1 Å². The first kappa shape index (κ1) is 14.5. The van der Waals surface area contributed by atoms with Gasteiger partial charge in [-0.05, 0) is 24.6 Å². The first-order valence-electron chi connectivity index (χ1n) is 6.28. The van der Waals surface area contributed by atoms with Crippen LogP contribution in [-0.4, -0.2) is 16.4 Å². The van der Waals surface area contributed by atoms with Crippen LogP contribution in [0.3, 0.4) is 0 Å². The van der Waals surface area contributed by atoms with Crippen LogP contribution >= 0.6 is 0 Å². The summed E-state index contributed by atoms with van der Waals surface area (Å²) in [5.41, 5.74) is 3.15. The van der Waals surface area contributed by atoms with E-state index in [-0.39, 0.29) is 5.75 Å². The molecule has 0 aliphatic heterocycles. The zero-order chi connectivity index (χ0) is 14.5. The van der Waals surface area contributed by atoms with Crippen molar-refractivity contribution in [3.05, 3.63) is 47.3 Å². The van der Waals surface area contributed by atoms with Gasteiger partial charge >= 0.3 is 6.61 Å². The minimum atomic E-state index is -2.78. The minimum absolute atomic E-state index is 0.173. The maximum absolute atomic E-state index is 12.0. The van der Waals surface area contributed by atoms with Crippen molar-refractivity contribution in [3.63, 3.8) is 0 Å². The molecule has 0 fully saturated rings. The number of ether oxygens (including phenoxy) is 1. The molecule has 1 N–H and O–H groups in total. The number of aromatic nitrogens is 2. The molecule has 108 valence electrons. The Morgan fingerprint density at radius 1 is 1.25 bits per heavy atom. The smallest absolute Gasteiger partial charge is 0.387 e. The van der Waals surface area contributed by atoms with E-state index in [1.54, 1.807) is 28.9 Å². The summed E-state index contributed by atoms with van der Waals surface area (Å²) in [5, 5.41) is 7.56. The lowest BCUT2D eigenvalue weighted by Gasteiger charge is -2.07. The van der Waals surface area contributed by atoms with Crippen LogP contribution in [0.5, 0.6) is 5.75 Å². The van der Waals surface area contributed by atoms with Crippen molar-refractivity contribution in [2.45, 2.75) is 26.6 Å². The number of benzene rings is 1. The molecule has 0 aliphatic carbocycles. The number of hydrogen-bond acceptors (Lipinski definition) is 3. The number of halogens is 2. The summed E-state index contributed by atoms with van der Waals surface area (Å²) in [4.78, 5) is 0. The van der Waals surface area contributed by atoms with Crippen molar-refractivity contribution >= 4 is 0 Å². The van der Waals surface area contributed by atoms with E-state index in [0.717, 1.165) is 23.4 Å². The summed E-state index contributed by atoms with van der Waals surface area (Å²) < 4.78 is 30.1. The molecule has 20 heavy (non-hydrogen) atoms. The Kier molecular flexibility index (Phi) is 4.68. The lowest BCUT2D eigenvalue weighted by Crippen LogP contribution is -2.13. The van der Waals surface area contributed by atoms with Crippen molar-refractivity contribution in [2.24, 2.45) is 7.05 Å². The lowest BCUT2D eigenvalue weighted by atomic mass is 10.2. The molecule has 0 atom stereocenters. The summed E-state index contributed by atoms with van der Waals surface area (Å²) in [5.74, 6) is 0.173. The number of nitrogens with zero attached hydrogens (tertiary/aromatic N) is 2. The van der Waals surface area contributed by atoms with E-state index >= 15 is 0 Å². The van der Waals surface area contributed by atoms with Crippen LogP contribution < -0.4 is 10.1 Å². The van der Waals surface area contributed by atoms with Gasteiger partial charge in [0.05, 0.1) is 5.69 Å². The summed E-state index contributed by atoms with van der Waals surface area (Å²) in [6.07, 6.45) is 1.97. The second-order valence-corrected chi connectivity index (χ2v) is 4.54. The van der Waals surface area contributed by atoms with Crippen LogP contribution in [0.1, 0.15) is 16.8 Å². The summed E-state index contributed by atoms with van der Waals surface area (Å²) >= 11 is 0. The quantitative estimate of drug-likeness (QED) is 0.884. The molecule has 0 saturated heterocycles. The highest BCUT2D eigenvalue weighted by atomic mass is 19.3. The first-order chi connectivity index (χ1) is 9.54. The van der Waals surface area contributed by atoms with Gasteiger partial charge in [0.25, 0.3) is 0 Å². The van der Waals surface area contributed by atoms with Crippen molar-refractivity contribution in [1.82, 2.24) is 15.1 Å². The van der Waals surface area contributed by atoms with E-state index < -0.39 is 6.61 Å². The molecule has 0 spiro atoms. The second kappa shape index (κ2) is 6.47. The number of aryl methyl sites for hydroxylation is 2. The normalized spacial score (nSPS) is 11.1. The van der Waals surface area contributed by atoms with Gasteiger partial charge in [-0.1, -0.05) is 12.1 Å². The van der Waals surface area contributed by atoms with Gasteiger partial charge in [-0.2, -0.15) is 13.9 Å². The number of hydrogen-bond donors (Lipinski definition) is 1. The Labute approximate surface area is 116 Å². The van der Waals surface area contributed by atoms with Crippen LogP contribution in [-0.2, 0) is 20.1 Å². The van der Waals surface area contributed by atoms with Crippen molar-refractivity contribution in [2.75, 3.05) is 0 Å². The summed E-state index contributed by atoms with van der Waals surface area (Å²) in [7, 11) is 1.89. The van der Waals surface area contributed by atoms with Crippen molar-refractivity contribution < 1.29 is 13.5 Å². The van der Waals surface area contributed by atoms with Crippen LogP contribution in [0, 0.1) is 6.92 Å². The van der Waals surface area contributed by atoms with E-state index in [4.69, 9.17) is 0 Å². The molecule has 1 aromatic carbocycles. The monoisotopic (exact) mass is 281 g/mol. The fourth-order valence-corrected chi connectivity index (χ4v) is 1.95. The third kappa shape index (κ3) is 4.03. The van der Waals surface area contributed by atoms with Gasteiger partial charge in [0.2, 0.25) is 0 Å². The molecule has 1 heterocycles. The van der Waals surface area contributed by atoms with E-state index in [2.05, 4.69) is 15.2 Å². The van der Waals surface area contributed by atoms with E-state index in [9.17, 15) is 8.78 Å². The summed E-state index contributed by atoms with van der Waals surface area (Å²) in [6.45, 7) is 0.554. The molecule has 0 unspecified atom stereocenters. The van der Waals surface area contributed by atoms with Gasteiger partial charge in [0.1, 0.15) is 5.75 Å². The van der Waals surface area contributed by atoms with Crippen LogP contribution in [0.2, 0.25) is 0 Å². The zero-order valence-electron chi connectivity index (χ0n) is 11.4. The lowest BCUT2D eigenvalue weighted by molar-refractivity contribution is -0.0498. The molecule has 4 nitrogen and oxygen atoms in total. The van der Waals surface area contributed by atoms with E-state index in [0.29, 0.717) is 6.54 Å². The molecule has 1 aromatic heterocycles. The Hall–Kier alpha value is -1.95. The first-order valence-corrected chi connectivity index (χ1v) is 6.28. The van der Waals surface area contributed by atoms with Gasteiger partial charge in [0.15, 0.2) is 0 Å². The molecular weight excluding hydrogens is 264 g/mol. The molecule has 2 aromatic rings. The molecule has 0 amide bonds. The maximum atomic E-state index is 12.0. The maximum Gasteiger partial charge on any atom is 0.387 e. The molecule has 0 saturated carbocycles. The Balaban J connectivity index is 1.83. The third-order valence-electron chi connectivity index (χ3n) is 2.91. The predicted molar refractivity (Wildman–Crippen MR) is 71.6 cm³/mol. The van der Waals surface area contributed by atoms with Gasteiger partial charge in [-0.15, -0.1) is 0 Å². The Bertz CT molecular complexity index is 552. The minimum Gasteiger partial charge on any atom is -0.435 e. The summed E-state index contributed by atoms with van der Waals surface area (Å²) in [6, 6.07) is 6.61. The highest BCUT2D eigenvalue weighted by Gasteiger charge is 2.04. The molecule has 2 rings (SSSR count). The van der Waals surface area contributed by atoms with E-state index in [1.807, 2.05) is 20.2 Å². The van der Waals surface area contributed by atoms with Gasteiger partial charge < -0.3 is 10.1 Å². The zero-order valence-corrected chi connectivity index (χ0v) is 11.4. The van der Waals surface area contributed by atoms with Crippen molar-refractivity contribution in [1.29, 1.82) is 0 Å². The fraction of sp³-hybridized carbons (Fsp3) is 0.357. The van der Waals surface area contributed by atoms with Crippen molar-refractivity contribution in [3.8, 4) is 5.75 Å². The SMILES string of the molecule is Cc1nn(C)cc1CNCc1ccc(OC(F)F)cc1. The second-order valence-electron chi connectivity index (χ2n) is 4.54.